The number of rotatable bonds is 4. The van der Waals surface area contributed by atoms with Gasteiger partial charge in [0.2, 0.25) is 0 Å². The van der Waals surface area contributed by atoms with Crippen molar-refractivity contribution in [3.05, 3.63) is 35.4 Å². The lowest BCUT2D eigenvalue weighted by molar-refractivity contribution is 0.0475. The number of hydrogen-bond acceptors (Lipinski definition) is 2. The van der Waals surface area contributed by atoms with Gasteiger partial charge in [0.05, 0.1) is 12.2 Å². The molecule has 1 fully saturated rings. The summed E-state index contributed by atoms with van der Waals surface area (Å²) in [5, 5.41) is 0. The summed E-state index contributed by atoms with van der Waals surface area (Å²) in [6.07, 6.45) is 7.70. The first-order valence-corrected chi connectivity index (χ1v) is 6.99. The van der Waals surface area contributed by atoms with E-state index >= 15 is 0 Å². The fourth-order valence-electron chi connectivity index (χ4n) is 2.57. The van der Waals surface area contributed by atoms with E-state index in [4.69, 9.17) is 4.74 Å². The van der Waals surface area contributed by atoms with E-state index in [9.17, 15) is 4.79 Å². The van der Waals surface area contributed by atoms with Gasteiger partial charge in [0.15, 0.2) is 0 Å². The average molecular weight is 246 g/mol. The Labute approximate surface area is 109 Å². The number of carbonyl (C=O) groups excluding carboxylic acids is 1. The molecule has 0 aromatic heterocycles. The second kappa shape index (κ2) is 6.58. The van der Waals surface area contributed by atoms with E-state index in [0.717, 1.165) is 17.9 Å². The highest BCUT2D eigenvalue weighted by Crippen LogP contribution is 2.26. The van der Waals surface area contributed by atoms with E-state index in [-0.39, 0.29) is 5.97 Å². The maximum atomic E-state index is 11.8. The van der Waals surface area contributed by atoms with Crippen molar-refractivity contribution in [3.63, 3.8) is 0 Å². The summed E-state index contributed by atoms with van der Waals surface area (Å²) < 4.78 is 5.33. The van der Waals surface area contributed by atoms with Crippen LogP contribution in [0, 0.1) is 12.8 Å². The van der Waals surface area contributed by atoms with Crippen molar-refractivity contribution in [1.29, 1.82) is 0 Å². The number of carbonyl (C=O) groups is 1. The third-order valence-corrected chi connectivity index (χ3v) is 3.77. The normalized spacial score (nSPS) is 16.5. The fraction of sp³-hybridized carbons (Fsp3) is 0.562. The molecule has 1 aliphatic carbocycles. The topological polar surface area (TPSA) is 26.3 Å². The lowest BCUT2D eigenvalue weighted by Crippen LogP contribution is -2.12. The van der Waals surface area contributed by atoms with Gasteiger partial charge in [-0.25, -0.2) is 4.79 Å². The van der Waals surface area contributed by atoms with E-state index in [2.05, 4.69) is 0 Å². The van der Waals surface area contributed by atoms with Crippen LogP contribution in [0.1, 0.15) is 54.4 Å². The Bertz CT molecular complexity index is 375. The molecule has 0 N–H and O–H groups in total. The monoisotopic (exact) mass is 246 g/mol. The number of hydrogen-bond donors (Lipinski definition) is 0. The van der Waals surface area contributed by atoms with E-state index < -0.39 is 0 Å². The number of benzene rings is 1. The second-order valence-corrected chi connectivity index (χ2v) is 5.29. The Morgan fingerprint density at radius 3 is 2.50 bits per heavy atom. The van der Waals surface area contributed by atoms with E-state index in [1.807, 2.05) is 31.2 Å². The quantitative estimate of drug-likeness (QED) is 0.747. The Kier molecular flexibility index (Phi) is 4.80. The van der Waals surface area contributed by atoms with Crippen LogP contribution in [-0.4, -0.2) is 12.6 Å². The molecular weight excluding hydrogens is 224 g/mol. The smallest absolute Gasteiger partial charge is 0.338 e. The molecule has 0 aliphatic heterocycles. The first-order chi connectivity index (χ1) is 8.75. The van der Waals surface area contributed by atoms with Gasteiger partial charge >= 0.3 is 5.97 Å². The number of ether oxygens (including phenoxy) is 1. The van der Waals surface area contributed by atoms with Gasteiger partial charge in [0.25, 0.3) is 0 Å². The van der Waals surface area contributed by atoms with E-state index in [1.54, 1.807) is 0 Å². The molecule has 0 atom stereocenters. The van der Waals surface area contributed by atoms with Gasteiger partial charge in [0.1, 0.15) is 0 Å². The lowest BCUT2D eigenvalue weighted by Gasteiger charge is -2.21. The molecule has 0 radical (unpaired) electrons. The SMILES string of the molecule is Cc1ccc(C(=O)OCCC2CCCCC2)cc1. The van der Waals surface area contributed by atoms with Crippen molar-refractivity contribution in [3.8, 4) is 0 Å². The van der Waals surface area contributed by atoms with Gasteiger partial charge in [-0.3, -0.25) is 0 Å². The molecular formula is C16H22O2. The van der Waals surface area contributed by atoms with Crippen molar-refractivity contribution >= 4 is 5.97 Å². The Morgan fingerprint density at radius 1 is 1.17 bits per heavy atom. The zero-order chi connectivity index (χ0) is 12.8. The molecule has 0 bridgehead atoms. The van der Waals surface area contributed by atoms with Gasteiger partial charge in [0, 0.05) is 0 Å². The van der Waals surface area contributed by atoms with Crippen LogP contribution in [0.4, 0.5) is 0 Å². The molecule has 2 rings (SSSR count). The van der Waals surface area contributed by atoms with Gasteiger partial charge < -0.3 is 4.74 Å². The van der Waals surface area contributed by atoms with Gasteiger partial charge in [-0.05, 0) is 31.4 Å². The van der Waals surface area contributed by atoms with Crippen LogP contribution in [0.3, 0.4) is 0 Å². The first kappa shape index (κ1) is 13.1. The summed E-state index contributed by atoms with van der Waals surface area (Å²) in [6, 6.07) is 7.55. The molecule has 0 saturated heterocycles. The van der Waals surface area contributed by atoms with Crippen LogP contribution in [0.15, 0.2) is 24.3 Å². The van der Waals surface area contributed by atoms with Gasteiger partial charge in [-0.15, -0.1) is 0 Å². The Morgan fingerprint density at radius 2 is 1.83 bits per heavy atom. The summed E-state index contributed by atoms with van der Waals surface area (Å²) in [5.74, 6) is 0.579. The standard InChI is InChI=1S/C16H22O2/c1-13-7-9-15(10-8-13)16(17)18-12-11-14-5-3-2-4-6-14/h7-10,14H,2-6,11-12H2,1H3. The van der Waals surface area contributed by atoms with Crippen molar-refractivity contribution in [2.75, 3.05) is 6.61 Å². The van der Waals surface area contributed by atoms with Crippen molar-refractivity contribution in [2.45, 2.75) is 45.4 Å². The van der Waals surface area contributed by atoms with Gasteiger partial charge in [-0.2, -0.15) is 0 Å². The third kappa shape index (κ3) is 3.86. The Balaban J connectivity index is 1.72. The van der Waals surface area contributed by atoms with E-state index in [0.29, 0.717) is 12.2 Å². The highest BCUT2D eigenvalue weighted by Gasteiger charge is 2.14. The summed E-state index contributed by atoms with van der Waals surface area (Å²) in [5.41, 5.74) is 1.82. The first-order valence-electron chi connectivity index (χ1n) is 6.99. The van der Waals surface area contributed by atoms with Crippen molar-refractivity contribution < 1.29 is 9.53 Å². The van der Waals surface area contributed by atoms with Crippen LogP contribution in [0.25, 0.3) is 0 Å². The zero-order valence-electron chi connectivity index (χ0n) is 11.2. The highest BCUT2D eigenvalue weighted by molar-refractivity contribution is 5.89. The van der Waals surface area contributed by atoms with Crippen LogP contribution >= 0.6 is 0 Å². The molecule has 2 heteroatoms. The van der Waals surface area contributed by atoms with Crippen LogP contribution < -0.4 is 0 Å². The number of aryl methyl sites for hydroxylation is 1. The minimum absolute atomic E-state index is 0.189. The summed E-state index contributed by atoms with van der Waals surface area (Å²) in [7, 11) is 0. The zero-order valence-corrected chi connectivity index (χ0v) is 11.2. The van der Waals surface area contributed by atoms with Crippen LogP contribution in [0.5, 0.6) is 0 Å². The molecule has 1 aromatic rings. The van der Waals surface area contributed by atoms with Crippen LogP contribution in [0.2, 0.25) is 0 Å². The summed E-state index contributed by atoms with van der Waals surface area (Å²) >= 11 is 0. The molecule has 0 unspecified atom stereocenters. The lowest BCUT2D eigenvalue weighted by atomic mass is 9.87. The maximum absolute atomic E-state index is 11.8. The molecule has 0 heterocycles. The average Bonchev–Trinajstić information content (AvgIpc) is 2.40. The van der Waals surface area contributed by atoms with Crippen LogP contribution in [-0.2, 0) is 4.74 Å². The summed E-state index contributed by atoms with van der Waals surface area (Å²) in [6.45, 7) is 2.58. The minimum Gasteiger partial charge on any atom is -0.462 e. The van der Waals surface area contributed by atoms with Gasteiger partial charge in [-0.1, -0.05) is 49.8 Å². The highest BCUT2D eigenvalue weighted by atomic mass is 16.5. The maximum Gasteiger partial charge on any atom is 0.338 e. The van der Waals surface area contributed by atoms with Crippen molar-refractivity contribution in [1.82, 2.24) is 0 Å². The summed E-state index contributed by atoms with van der Waals surface area (Å²) in [4.78, 5) is 11.8. The van der Waals surface area contributed by atoms with Crippen molar-refractivity contribution in [2.24, 2.45) is 5.92 Å². The fourth-order valence-corrected chi connectivity index (χ4v) is 2.57. The number of esters is 1. The van der Waals surface area contributed by atoms with E-state index in [1.165, 1.54) is 32.1 Å². The molecule has 1 aliphatic rings. The second-order valence-electron chi connectivity index (χ2n) is 5.29. The molecule has 2 nitrogen and oxygen atoms in total. The molecule has 1 saturated carbocycles. The predicted molar refractivity (Wildman–Crippen MR) is 72.7 cm³/mol. The Hall–Kier alpha value is -1.31. The molecule has 18 heavy (non-hydrogen) atoms. The largest absolute Gasteiger partial charge is 0.462 e. The minimum atomic E-state index is -0.189. The molecule has 1 aromatic carbocycles. The predicted octanol–water partition coefficient (Wildman–Crippen LogP) is 4.12. The third-order valence-electron chi connectivity index (χ3n) is 3.77. The molecule has 98 valence electrons. The molecule has 0 amide bonds. The molecule has 0 spiro atoms.